The molecule has 1 unspecified atom stereocenters. The molecule has 2 aromatic rings. The molecule has 3 heterocycles. The summed E-state index contributed by atoms with van der Waals surface area (Å²) in [5, 5.41) is 12.6. The van der Waals surface area contributed by atoms with Gasteiger partial charge in [-0.2, -0.15) is 13.2 Å². The average Bonchev–Trinajstić information content (AvgIpc) is 3.28. The second-order valence-electron chi connectivity index (χ2n) is 11.2. The third-order valence-electron chi connectivity index (χ3n) is 8.09. The molecule has 2 N–H and O–H groups in total. The molecule has 12 heteroatoms. The van der Waals surface area contributed by atoms with Crippen molar-refractivity contribution in [2.45, 2.75) is 76.2 Å². The number of nitrogens with one attached hydrogen (secondary N) is 1. The molecular formula is C28H37F3N4O4S. The minimum absolute atomic E-state index is 0.0137. The number of amides is 1. The summed E-state index contributed by atoms with van der Waals surface area (Å²) in [5.41, 5.74) is 2.43. The second-order valence-corrected chi connectivity index (χ2v) is 13.5. The summed E-state index contributed by atoms with van der Waals surface area (Å²) in [5.74, 6) is -1.30. The van der Waals surface area contributed by atoms with Gasteiger partial charge in [-0.05, 0) is 61.3 Å². The zero-order valence-corrected chi connectivity index (χ0v) is 23.8. The fourth-order valence-electron chi connectivity index (χ4n) is 5.85. The summed E-state index contributed by atoms with van der Waals surface area (Å²) in [7, 11) is -3.42. The van der Waals surface area contributed by atoms with Crippen LogP contribution in [0.5, 0.6) is 0 Å². The zero-order valence-electron chi connectivity index (χ0n) is 23.0. The topological polar surface area (TPSA) is 112 Å². The van der Waals surface area contributed by atoms with Gasteiger partial charge in [-0.25, -0.2) is 8.42 Å². The minimum atomic E-state index is -4.12. The van der Waals surface area contributed by atoms with Crippen molar-refractivity contribution in [1.82, 2.24) is 20.2 Å². The minimum Gasteiger partial charge on any atom is -0.394 e. The molecule has 1 aliphatic carbocycles. The van der Waals surface area contributed by atoms with E-state index in [0.717, 1.165) is 11.3 Å². The molecule has 2 aromatic heterocycles. The second kappa shape index (κ2) is 12.1. The van der Waals surface area contributed by atoms with E-state index in [2.05, 4.69) is 34.0 Å². The van der Waals surface area contributed by atoms with Crippen LogP contribution in [-0.4, -0.2) is 59.4 Å². The van der Waals surface area contributed by atoms with Crippen LogP contribution in [0.15, 0.2) is 35.5 Å². The number of hydrogen-bond acceptors (Lipinski definition) is 7. The molecule has 2 atom stereocenters. The lowest BCUT2D eigenvalue weighted by atomic mass is 9.81. The molecule has 0 radical (unpaired) electrons. The first-order chi connectivity index (χ1) is 18.8. The summed E-state index contributed by atoms with van der Waals surface area (Å²) in [4.78, 5) is 24.2. The lowest BCUT2D eigenvalue weighted by molar-refractivity contribution is -0.184. The van der Waals surface area contributed by atoms with E-state index in [1.54, 1.807) is 6.07 Å². The molecule has 0 saturated heterocycles. The molecule has 1 amide bonds. The van der Waals surface area contributed by atoms with Gasteiger partial charge in [-0.3, -0.25) is 19.7 Å². The Labute approximate surface area is 233 Å². The lowest BCUT2D eigenvalue weighted by Gasteiger charge is -2.35. The molecule has 1 fully saturated rings. The number of pyridine rings is 2. The van der Waals surface area contributed by atoms with Crippen LogP contribution in [0.2, 0.25) is 0 Å². The quantitative estimate of drug-likeness (QED) is 0.444. The summed E-state index contributed by atoms with van der Waals surface area (Å²) in [6.45, 7) is 6.53. The number of rotatable bonds is 9. The first kappa shape index (κ1) is 30.4. The van der Waals surface area contributed by atoms with Crippen molar-refractivity contribution < 1.29 is 31.5 Å². The maximum atomic E-state index is 13.1. The van der Waals surface area contributed by atoms with Crippen molar-refractivity contribution in [3.8, 4) is 0 Å². The van der Waals surface area contributed by atoms with Crippen molar-refractivity contribution in [2.75, 3.05) is 18.9 Å². The summed E-state index contributed by atoms with van der Waals surface area (Å²) >= 11 is 0. The van der Waals surface area contributed by atoms with Crippen LogP contribution < -0.4 is 5.32 Å². The molecule has 1 saturated carbocycles. The molecule has 0 bridgehead atoms. The number of halogens is 3. The van der Waals surface area contributed by atoms with Crippen LogP contribution in [0.4, 0.5) is 13.2 Å². The van der Waals surface area contributed by atoms with Crippen LogP contribution in [-0.2, 0) is 16.4 Å². The molecule has 2 aliphatic rings. The van der Waals surface area contributed by atoms with Gasteiger partial charge in [0.05, 0.1) is 52.2 Å². The Kier molecular flexibility index (Phi) is 9.21. The Morgan fingerprint density at radius 2 is 1.85 bits per heavy atom. The van der Waals surface area contributed by atoms with Gasteiger partial charge in [-0.1, -0.05) is 20.8 Å². The Bertz CT molecular complexity index is 1290. The van der Waals surface area contributed by atoms with E-state index in [-0.39, 0.29) is 41.4 Å². The largest absolute Gasteiger partial charge is 0.394 e. The maximum Gasteiger partial charge on any atom is 0.391 e. The van der Waals surface area contributed by atoms with Crippen LogP contribution in [0.3, 0.4) is 0 Å². The maximum absolute atomic E-state index is 13.1. The van der Waals surface area contributed by atoms with Crippen molar-refractivity contribution in [1.29, 1.82) is 0 Å². The molecule has 40 heavy (non-hydrogen) atoms. The molecule has 0 spiro atoms. The predicted octanol–water partition coefficient (Wildman–Crippen LogP) is 4.62. The Morgan fingerprint density at radius 1 is 1.15 bits per heavy atom. The first-order valence-corrected chi connectivity index (χ1v) is 15.4. The van der Waals surface area contributed by atoms with E-state index in [1.807, 2.05) is 0 Å². The van der Waals surface area contributed by atoms with Crippen molar-refractivity contribution in [2.24, 2.45) is 17.8 Å². The summed E-state index contributed by atoms with van der Waals surface area (Å²) < 4.78 is 63.4. The average molecular weight is 583 g/mol. The molecule has 220 valence electrons. The highest BCUT2D eigenvalue weighted by Crippen LogP contribution is 2.43. The predicted molar refractivity (Wildman–Crippen MR) is 143 cm³/mol. The third kappa shape index (κ3) is 6.66. The highest BCUT2D eigenvalue weighted by Gasteiger charge is 2.42. The fraction of sp³-hybridized carbons (Fsp3) is 0.607. The van der Waals surface area contributed by atoms with E-state index >= 15 is 0 Å². The van der Waals surface area contributed by atoms with E-state index < -0.39 is 40.5 Å². The number of aliphatic hydroxyl groups excluding tert-OH is 1. The molecular weight excluding hydrogens is 545 g/mol. The van der Waals surface area contributed by atoms with Gasteiger partial charge < -0.3 is 10.4 Å². The number of carbonyl (C=O) groups excluding carboxylic acids is 1. The number of fused-ring (bicyclic) bond motifs is 1. The van der Waals surface area contributed by atoms with E-state index in [9.17, 15) is 31.5 Å². The normalized spacial score (nSPS) is 22.8. The number of nitrogens with zero attached hydrogens (tertiary/aromatic N) is 3. The highest BCUT2D eigenvalue weighted by molar-refractivity contribution is 7.91. The van der Waals surface area contributed by atoms with Crippen LogP contribution >= 0.6 is 0 Å². The molecule has 4 rings (SSSR count). The van der Waals surface area contributed by atoms with Crippen LogP contribution in [0.1, 0.15) is 85.8 Å². The van der Waals surface area contributed by atoms with Gasteiger partial charge in [-0.15, -0.1) is 0 Å². The Balaban J connectivity index is 1.44. The number of hydrogen-bond donors (Lipinski definition) is 2. The summed E-state index contributed by atoms with van der Waals surface area (Å²) in [6, 6.07) is 3.83. The molecule has 8 nitrogen and oxygen atoms in total. The van der Waals surface area contributed by atoms with Gasteiger partial charge in [0.15, 0.2) is 9.84 Å². The van der Waals surface area contributed by atoms with Crippen molar-refractivity contribution in [3.63, 3.8) is 0 Å². The van der Waals surface area contributed by atoms with Gasteiger partial charge in [0.25, 0.3) is 5.91 Å². The smallest absolute Gasteiger partial charge is 0.391 e. The van der Waals surface area contributed by atoms with Gasteiger partial charge >= 0.3 is 6.18 Å². The number of sulfone groups is 1. The van der Waals surface area contributed by atoms with Gasteiger partial charge in [0, 0.05) is 25.5 Å². The summed E-state index contributed by atoms with van der Waals surface area (Å²) in [6.07, 6.45) is 0.0243. The monoisotopic (exact) mass is 582 g/mol. The Morgan fingerprint density at radius 3 is 2.40 bits per heavy atom. The standard InChI is InChI=1S/C28H37F3N4O4S/c1-4-40(38,39)22-9-10-23(32-13-22)24(16-36)34-27(37)19-11-20-15-35(26(17(2)3)25(20)33-12-19)14-18-5-7-21(8-6-18)28(29,30)31/h9-13,17-18,21,24,26,36H,4-8,14-16H2,1-3H3,(H,34,37)/t18?,21?,24-,26?/m1/s1. The van der Waals surface area contributed by atoms with Crippen LogP contribution in [0.25, 0.3) is 0 Å². The van der Waals surface area contributed by atoms with E-state index in [1.165, 1.54) is 31.5 Å². The lowest BCUT2D eigenvalue weighted by Crippen LogP contribution is -2.35. The van der Waals surface area contributed by atoms with Crippen molar-refractivity contribution >= 4 is 15.7 Å². The number of carbonyl (C=O) groups is 1. The van der Waals surface area contributed by atoms with E-state index in [4.69, 9.17) is 0 Å². The number of aliphatic hydroxyl groups is 1. The Hall–Kier alpha value is -2.57. The number of alkyl halides is 3. The SMILES string of the molecule is CCS(=O)(=O)c1ccc([C@@H](CO)NC(=O)c2cnc3c(c2)CN(CC2CCC(C(F)(F)F)CC2)C3C(C)C)nc1. The van der Waals surface area contributed by atoms with Gasteiger partial charge in [0.1, 0.15) is 0 Å². The van der Waals surface area contributed by atoms with Gasteiger partial charge in [0.2, 0.25) is 0 Å². The first-order valence-electron chi connectivity index (χ1n) is 13.7. The van der Waals surface area contributed by atoms with E-state index in [0.29, 0.717) is 37.2 Å². The third-order valence-corrected chi connectivity index (χ3v) is 9.81. The molecule has 0 aromatic carbocycles. The zero-order chi connectivity index (χ0) is 29.2. The molecule has 1 aliphatic heterocycles. The van der Waals surface area contributed by atoms with Crippen molar-refractivity contribution in [3.05, 3.63) is 53.1 Å². The number of aromatic nitrogens is 2. The highest BCUT2D eigenvalue weighted by atomic mass is 32.2. The van der Waals surface area contributed by atoms with Crippen LogP contribution in [0, 0.1) is 17.8 Å². The fourth-order valence-corrected chi connectivity index (χ4v) is 6.67.